The number of primary amides is 1. The van der Waals surface area contributed by atoms with Crippen LogP contribution in [0.3, 0.4) is 0 Å². The fraction of sp³-hybridized carbons (Fsp3) is 0.500. The molecule has 0 unspecified atom stereocenters. The highest BCUT2D eigenvalue weighted by Gasteiger charge is 2.19. The molecule has 3 N–H and O–H groups in total. The Balaban J connectivity index is 1.66. The van der Waals surface area contributed by atoms with Gasteiger partial charge in [-0.1, -0.05) is 28.0 Å². The molecule has 1 aromatic rings. The van der Waals surface area contributed by atoms with Crippen LogP contribution in [-0.4, -0.2) is 34.9 Å². The van der Waals surface area contributed by atoms with Gasteiger partial charge in [0.2, 0.25) is 5.91 Å². The third-order valence-corrected chi connectivity index (χ3v) is 7.01. The number of carbonyl (C=O) groups is 3. The van der Waals surface area contributed by atoms with Crippen LogP contribution in [0.5, 0.6) is 0 Å². The van der Waals surface area contributed by atoms with E-state index in [-0.39, 0.29) is 5.97 Å². The second kappa shape index (κ2) is 10.5. The van der Waals surface area contributed by atoms with Crippen molar-refractivity contribution in [2.75, 3.05) is 11.1 Å². The normalized spacial score (nSPS) is 17.5. The van der Waals surface area contributed by atoms with E-state index >= 15 is 0 Å². The van der Waals surface area contributed by atoms with Gasteiger partial charge >= 0.3 is 5.97 Å². The van der Waals surface area contributed by atoms with E-state index in [0.717, 1.165) is 19.3 Å². The molecule has 0 radical (unpaired) electrons. The van der Waals surface area contributed by atoms with E-state index in [9.17, 15) is 14.4 Å². The maximum atomic E-state index is 12.1. The molecule has 1 aliphatic heterocycles. The van der Waals surface area contributed by atoms with Crippen molar-refractivity contribution in [3.8, 4) is 0 Å². The largest absolute Gasteiger partial charge is 0.453 e. The van der Waals surface area contributed by atoms with E-state index < -0.39 is 17.9 Å². The van der Waals surface area contributed by atoms with Crippen molar-refractivity contribution in [3.05, 3.63) is 29.8 Å². The zero-order chi connectivity index (χ0) is 18.9. The molecule has 0 saturated carbocycles. The molecule has 8 heteroatoms. The van der Waals surface area contributed by atoms with Crippen molar-refractivity contribution in [1.82, 2.24) is 0 Å². The highest BCUT2D eigenvalue weighted by Crippen LogP contribution is 2.39. The zero-order valence-electron chi connectivity index (χ0n) is 14.7. The SMILES string of the molecule is C[C@@H](OC(=O)CCCC[C@@H]1CCSS1)C(=O)Nc1ccc(C(N)=O)cc1. The summed E-state index contributed by atoms with van der Waals surface area (Å²) in [6.45, 7) is 1.54. The van der Waals surface area contributed by atoms with Crippen molar-refractivity contribution in [2.24, 2.45) is 5.73 Å². The number of carbonyl (C=O) groups excluding carboxylic acids is 3. The highest BCUT2D eigenvalue weighted by molar-refractivity contribution is 8.77. The summed E-state index contributed by atoms with van der Waals surface area (Å²) in [5.41, 5.74) is 6.03. The third kappa shape index (κ3) is 6.92. The molecule has 1 heterocycles. The molecule has 1 fully saturated rings. The molecule has 2 rings (SSSR count). The number of rotatable bonds is 9. The van der Waals surface area contributed by atoms with Gasteiger partial charge in [0.1, 0.15) is 0 Å². The average molecular weight is 397 g/mol. The lowest BCUT2D eigenvalue weighted by Crippen LogP contribution is -2.29. The number of anilines is 1. The molecule has 0 aromatic heterocycles. The van der Waals surface area contributed by atoms with Crippen LogP contribution in [0.2, 0.25) is 0 Å². The molecule has 0 bridgehead atoms. The summed E-state index contributed by atoms with van der Waals surface area (Å²) >= 11 is 0. The number of benzene rings is 1. The third-order valence-electron chi connectivity index (χ3n) is 4.00. The van der Waals surface area contributed by atoms with E-state index in [2.05, 4.69) is 5.32 Å². The Morgan fingerprint density at radius 2 is 2.00 bits per heavy atom. The molecule has 142 valence electrons. The van der Waals surface area contributed by atoms with Gasteiger partial charge in [0.25, 0.3) is 5.91 Å². The second-order valence-corrected chi connectivity index (χ2v) is 8.93. The van der Waals surface area contributed by atoms with Crippen LogP contribution >= 0.6 is 21.6 Å². The number of esters is 1. The average Bonchev–Trinajstić information content (AvgIpc) is 3.12. The first-order chi connectivity index (χ1) is 12.5. The van der Waals surface area contributed by atoms with Crippen LogP contribution in [0.1, 0.15) is 49.4 Å². The van der Waals surface area contributed by atoms with Gasteiger partial charge in [-0.05, 0) is 50.5 Å². The number of hydrogen-bond donors (Lipinski definition) is 2. The predicted octanol–water partition coefficient (Wildman–Crippen LogP) is 3.37. The van der Waals surface area contributed by atoms with Crippen molar-refractivity contribution in [2.45, 2.75) is 50.4 Å². The summed E-state index contributed by atoms with van der Waals surface area (Å²) in [5.74, 6) is -0.0832. The van der Waals surface area contributed by atoms with Gasteiger partial charge in [0.15, 0.2) is 6.10 Å². The second-order valence-electron chi connectivity index (χ2n) is 6.14. The number of nitrogens with two attached hydrogens (primary N) is 1. The van der Waals surface area contributed by atoms with Gasteiger partial charge in [-0.15, -0.1) is 0 Å². The molecule has 0 spiro atoms. The van der Waals surface area contributed by atoms with Gasteiger partial charge in [-0.3, -0.25) is 14.4 Å². The lowest BCUT2D eigenvalue weighted by Gasteiger charge is -2.14. The van der Waals surface area contributed by atoms with E-state index in [1.165, 1.54) is 31.2 Å². The topological polar surface area (TPSA) is 98.5 Å². The summed E-state index contributed by atoms with van der Waals surface area (Å²) in [6.07, 6.45) is 3.61. The molecular formula is C18H24N2O4S2. The van der Waals surface area contributed by atoms with Crippen molar-refractivity contribution < 1.29 is 19.1 Å². The van der Waals surface area contributed by atoms with E-state index in [0.29, 0.717) is 22.9 Å². The van der Waals surface area contributed by atoms with Crippen LogP contribution in [0.25, 0.3) is 0 Å². The smallest absolute Gasteiger partial charge is 0.306 e. The fourth-order valence-corrected chi connectivity index (χ4v) is 5.50. The quantitative estimate of drug-likeness (QED) is 0.377. The molecule has 2 amide bonds. The lowest BCUT2D eigenvalue weighted by molar-refractivity contribution is -0.153. The van der Waals surface area contributed by atoms with Gasteiger partial charge in [-0.25, -0.2) is 0 Å². The summed E-state index contributed by atoms with van der Waals surface area (Å²) < 4.78 is 5.18. The summed E-state index contributed by atoms with van der Waals surface area (Å²) in [6, 6.07) is 6.20. The first-order valence-electron chi connectivity index (χ1n) is 8.64. The Kier molecular flexibility index (Phi) is 8.31. The van der Waals surface area contributed by atoms with Crippen LogP contribution in [0.15, 0.2) is 24.3 Å². The van der Waals surface area contributed by atoms with Crippen LogP contribution in [0, 0.1) is 0 Å². The van der Waals surface area contributed by atoms with Crippen LogP contribution in [0.4, 0.5) is 5.69 Å². The minimum atomic E-state index is -0.875. The standard InChI is InChI=1S/C18H24N2O4S2/c1-12(18(23)20-14-8-6-13(7-9-14)17(19)22)24-16(21)5-3-2-4-15-10-11-25-26-15/h6-9,12,15H,2-5,10-11H2,1H3,(H2,19,22)(H,20,23)/t12-,15-/m1/s1. The summed E-state index contributed by atoms with van der Waals surface area (Å²) in [5, 5.41) is 3.35. The number of ether oxygens (including phenoxy) is 1. The van der Waals surface area contributed by atoms with Crippen molar-refractivity contribution in [3.63, 3.8) is 0 Å². The Morgan fingerprint density at radius 3 is 2.62 bits per heavy atom. The van der Waals surface area contributed by atoms with Gasteiger partial charge in [-0.2, -0.15) is 0 Å². The van der Waals surface area contributed by atoms with Crippen LogP contribution in [-0.2, 0) is 14.3 Å². The number of amides is 2. The highest BCUT2D eigenvalue weighted by atomic mass is 33.1. The van der Waals surface area contributed by atoms with Crippen molar-refractivity contribution >= 4 is 45.1 Å². The van der Waals surface area contributed by atoms with Crippen molar-refractivity contribution in [1.29, 1.82) is 0 Å². The minimum absolute atomic E-state index is 0.329. The predicted molar refractivity (Wildman–Crippen MR) is 106 cm³/mol. The molecule has 1 aromatic carbocycles. The minimum Gasteiger partial charge on any atom is -0.453 e. The van der Waals surface area contributed by atoms with E-state index in [1.807, 2.05) is 21.6 Å². The van der Waals surface area contributed by atoms with Gasteiger partial charge in [0, 0.05) is 28.7 Å². The summed E-state index contributed by atoms with van der Waals surface area (Å²) in [7, 11) is 3.86. The number of nitrogens with one attached hydrogen (secondary N) is 1. The van der Waals surface area contributed by atoms with Crippen LogP contribution < -0.4 is 11.1 Å². The lowest BCUT2D eigenvalue weighted by atomic mass is 10.1. The van der Waals surface area contributed by atoms with Gasteiger partial charge < -0.3 is 15.8 Å². The monoisotopic (exact) mass is 396 g/mol. The number of unbranched alkanes of at least 4 members (excludes halogenated alkanes) is 1. The maximum absolute atomic E-state index is 12.1. The van der Waals surface area contributed by atoms with E-state index in [1.54, 1.807) is 12.1 Å². The molecule has 6 nitrogen and oxygen atoms in total. The van der Waals surface area contributed by atoms with Gasteiger partial charge in [0.05, 0.1) is 0 Å². The molecular weight excluding hydrogens is 372 g/mol. The number of hydrogen-bond acceptors (Lipinski definition) is 6. The Labute approximate surface area is 161 Å². The summed E-state index contributed by atoms with van der Waals surface area (Å²) in [4.78, 5) is 35.0. The first kappa shape index (κ1) is 20.6. The zero-order valence-corrected chi connectivity index (χ0v) is 16.4. The molecule has 1 saturated heterocycles. The Morgan fingerprint density at radius 1 is 1.27 bits per heavy atom. The molecule has 2 atom stereocenters. The van der Waals surface area contributed by atoms with E-state index in [4.69, 9.17) is 10.5 Å². The maximum Gasteiger partial charge on any atom is 0.306 e. The Bertz CT molecular complexity index is 631. The first-order valence-corrected chi connectivity index (χ1v) is 11.0. The molecule has 0 aliphatic carbocycles. The molecule has 1 aliphatic rings. The Hall–Kier alpha value is -1.67. The molecule has 26 heavy (non-hydrogen) atoms. The fourth-order valence-electron chi connectivity index (χ4n) is 2.48.